The minimum absolute atomic E-state index is 0.149. The highest BCUT2D eigenvalue weighted by Crippen LogP contribution is 2.24. The molecule has 0 radical (unpaired) electrons. The van der Waals surface area contributed by atoms with Gasteiger partial charge in [0.1, 0.15) is 24.4 Å². The van der Waals surface area contributed by atoms with E-state index in [0.717, 1.165) is 0 Å². The third-order valence-corrected chi connectivity index (χ3v) is 3.26. The Balaban J connectivity index is 2.14. The molecule has 1 aliphatic heterocycles. The molecule has 0 saturated carbocycles. The van der Waals surface area contributed by atoms with Crippen LogP contribution in [-0.2, 0) is 4.74 Å². The number of rotatable bonds is 4. The van der Waals surface area contributed by atoms with Gasteiger partial charge < -0.3 is 30.5 Å². The molecule has 9 heteroatoms. The molecule has 0 aliphatic carbocycles. The molecule has 0 bridgehead atoms. The number of nitro benzene ring substituents is 1. The van der Waals surface area contributed by atoms with Crippen LogP contribution in [0.4, 0.5) is 11.4 Å². The first-order chi connectivity index (χ1) is 9.93. The second-order valence-electron chi connectivity index (χ2n) is 4.70. The lowest BCUT2D eigenvalue weighted by Gasteiger charge is -2.40. The summed E-state index contributed by atoms with van der Waals surface area (Å²) in [5.74, 6) is 0. The maximum absolute atomic E-state index is 10.7. The van der Waals surface area contributed by atoms with Gasteiger partial charge in [0.2, 0.25) is 0 Å². The van der Waals surface area contributed by atoms with Crippen LogP contribution in [0.2, 0.25) is 0 Å². The molecular weight excluding hydrogens is 284 g/mol. The molecule has 0 amide bonds. The van der Waals surface area contributed by atoms with Gasteiger partial charge in [-0.15, -0.1) is 0 Å². The molecule has 1 heterocycles. The van der Waals surface area contributed by atoms with Crippen LogP contribution in [0.3, 0.4) is 0 Å². The lowest BCUT2D eigenvalue weighted by molar-refractivity contribution is -0.384. The van der Waals surface area contributed by atoms with Gasteiger partial charge in [0, 0.05) is 17.8 Å². The van der Waals surface area contributed by atoms with E-state index in [9.17, 15) is 25.4 Å². The van der Waals surface area contributed by atoms with Gasteiger partial charge in [-0.2, -0.15) is 0 Å². The van der Waals surface area contributed by atoms with E-state index < -0.39 is 42.2 Å². The van der Waals surface area contributed by atoms with Gasteiger partial charge in [0.05, 0.1) is 11.5 Å². The normalized spacial score (nSPS) is 32.7. The van der Waals surface area contributed by atoms with Crippen LogP contribution in [0, 0.1) is 10.1 Å². The molecule has 1 aromatic rings. The van der Waals surface area contributed by atoms with Crippen LogP contribution in [0.15, 0.2) is 24.3 Å². The van der Waals surface area contributed by atoms with E-state index in [0.29, 0.717) is 5.69 Å². The van der Waals surface area contributed by atoms with Crippen LogP contribution >= 0.6 is 0 Å². The third-order valence-electron chi connectivity index (χ3n) is 3.26. The number of nitrogens with one attached hydrogen (secondary N) is 1. The predicted octanol–water partition coefficient (Wildman–Crippen LogP) is -1.19. The number of ether oxygens (including phenoxy) is 1. The van der Waals surface area contributed by atoms with Gasteiger partial charge in [-0.3, -0.25) is 10.1 Å². The predicted molar refractivity (Wildman–Crippen MR) is 70.5 cm³/mol. The van der Waals surface area contributed by atoms with E-state index in [2.05, 4.69) is 5.32 Å². The Kier molecular flexibility index (Phi) is 4.70. The van der Waals surface area contributed by atoms with Crippen LogP contribution in [-0.4, -0.2) is 62.6 Å². The average Bonchev–Trinajstić information content (AvgIpc) is 2.48. The van der Waals surface area contributed by atoms with Crippen LogP contribution in [0.25, 0.3) is 0 Å². The molecule has 1 aromatic carbocycles. The van der Waals surface area contributed by atoms with Gasteiger partial charge in [0.25, 0.3) is 5.69 Å². The minimum Gasteiger partial charge on any atom is -0.394 e. The molecule has 2 rings (SSSR count). The smallest absolute Gasteiger partial charge is 0.271 e. The molecule has 0 spiro atoms. The zero-order chi connectivity index (χ0) is 15.6. The van der Waals surface area contributed by atoms with Crippen molar-refractivity contribution in [2.45, 2.75) is 30.6 Å². The van der Waals surface area contributed by atoms with E-state index in [4.69, 9.17) is 9.84 Å². The topological polar surface area (TPSA) is 145 Å². The van der Waals surface area contributed by atoms with Crippen molar-refractivity contribution in [1.29, 1.82) is 0 Å². The molecule has 21 heavy (non-hydrogen) atoms. The van der Waals surface area contributed by atoms with Crippen molar-refractivity contribution in [2.75, 3.05) is 11.9 Å². The summed E-state index contributed by atoms with van der Waals surface area (Å²) in [5, 5.41) is 51.6. The molecule has 116 valence electrons. The third kappa shape index (κ3) is 3.28. The summed E-state index contributed by atoms with van der Waals surface area (Å²) in [6.07, 6.45) is -6.58. The van der Waals surface area contributed by atoms with Crippen LogP contribution < -0.4 is 5.32 Å². The Morgan fingerprint density at radius 2 is 1.95 bits per heavy atom. The maximum atomic E-state index is 10.7. The number of hydrogen-bond acceptors (Lipinski definition) is 8. The number of benzene rings is 1. The summed E-state index contributed by atoms with van der Waals surface area (Å²) in [7, 11) is 0. The van der Waals surface area contributed by atoms with Crippen molar-refractivity contribution in [1.82, 2.24) is 0 Å². The van der Waals surface area contributed by atoms with Crippen molar-refractivity contribution in [2.24, 2.45) is 0 Å². The molecule has 0 aromatic heterocycles. The van der Waals surface area contributed by atoms with Crippen molar-refractivity contribution in [3.8, 4) is 0 Å². The van der Waals surface area contributed by atoms with Crippen molar-refractivity contribution >= 4 is 11.4 Å². The lowest BCUT2D eigenvalue weighted by atomic mass is 9.98. The van der Waals surface area contributed by atoms with Gasteiger partial charge in [-0.1, -0.05) is 6.07 Å². The second kappa shape index (κ2) is 6.33. The molecule has 1 fully saturated rings. The summed E-state index contributed by atoms with van der Waals surface area (Å²) in [6, 6.07) is 5.51. The van der Waals surface area contributed by atoms with Gasteiger partial charge in [-0.05, 0) is 6.07 Å². The Morgan fingerprint density at radius 3 is 2.57 bits per heavy atom. The SMILES string of the molecule is O=[N+]([O-])c1cccc(N[C@@H]2O[C@H](CO)[C@H](O)[C@H](O)[C@H]2O)c1. The Bertz CT molecular complexity index is 510. The molecule has 5 N–H and O–H groups in total. The molecule has 1 saturated heterocycles. The number of nitrogens with zero attached hydrogens (tertiary/aromatic N) is 1. The van der Waals surface area contributed by atoms with Gasteiger partial charge in [-0.25, -0.2) is 0 Å². The lowest BCUT2D eigenvalue weighted by Crippen LogP contribution is -2.60. The first-order valence-electron chi connectivity index (χ1n) is 6.25. The summed E-state index contributed by atoms with van der Waals surface area (Å²) >= 11 is 0. The quantitative estimate of drug-likeness (QED) is 0.344. The molecule has 1 aliphatic rings. The van der Waals surface area contributed by atoms with E-state index in [1.165, 1.54) is 24.3 Å². The van der Waals surface area contributed by atoms with Gasteiger partial charge in [0.15, 0.2) is 6.23 Å². The highest BCUT2D eigenvalue weighted by molar-refractivity contribution is 5.51. The number of aliphatic hydroxyl groups excluding tert-OH is 4. The molecule has 5 atom stereocenters. The van der Waals surface area contributed by atoms with E-state index >= 15 is 0 Å². The largest absolute Gasteiger partial charge is 0.394 e. The highest BCUT2D eigenvalue weighted by atomic mass is 16.6. The Morgan fingerprint density at radius 1 is 1.24 bits per heavy atom. The summed E-state index contributed by atoms with van der Waals surface area (Å²) in [4.78, 5) is 10.1. The summed E-state index contributed by atoms with van der Waals surface area (Å²) in [6.45, 7) is -0.544. The fourth-order valence-electron chi connectivity index (χ4n) is 2.09. The standard InChI is InChI=1S/C12H16N2O7/c15-5-8-9(16)10(17)11(18)12(21-8)13-6-2-1-3-7(4-6)14(19)20/h1-4,8-13,15-18H,5H2/t8-,9+,10+,11-,12-/m1/s1. The Hall–Kier alpha value is -1.78. The maximum Gasteiger partial charge on any atom is 0.271 e. The average molecular weight is 300 g/mol. The number of anilines is 1. The van der Waals surface area contributed by atoms with Crippen molar-refractivity contribution < 1.29 is 30.1 Å². The fourth-order valence-corrected chi connectivity index (χ4v) is 2.09. The summed E-state index contributed by atoms with van der Waals surface area (Å²) < 4.78 is 5.24. The first-order valence-corrected chi connectivity index (χ1v) is 6.25. The molecule has 0 unspecified atom stereocenters. The van der Waals surface area contributed by atoms with Crippen molar-refractivity contribution in [3.05, 3.63) is 34.4 Å². The first kappa shape index (κ1) is 15.6. The second-order valence-corrected chi connectivity index (χ2v) is 4.70. The van der Waals surface area contributed by atoms with E-state index in [1.807, 2.05) is 0 Å². The zero-order valence-corrected chi connectivity index (χ0v) is 10.9. The number of aliphatic hydroxyl groups is 4. The molecular formula is C12H16N2O7. The van der Waals surface area contributed by atoms with E-state index in [1.54, 1.807) is 0 Å². The summed E-state index contributed by atoms with van der Waals surface area (Å²) in [5.41, 5.74) is 0.151. The number of non-ortho nitro benzene ring substituents is 1. The monoisotopic (exact) mass is 300 g/mol. The minimum atomic E-state index is -1.51. The fraction of sp³-hybridized carbons (Fsp3) is 0.500. The van der Waals surface area contributed by atoms with Gasteiger partial charge >= 0.3 is 0 Å². The number of nitro groups is 1. The van der Waals surface area contributed by atoms with Crippen molar-refractivity contribution in [3.63, 3.8) is 0 Å². The molecule has 9 nitrogen and oxygen atoms in total. The highest BCUT2D eigenvalue weighted by Gasteiger charge is 2.43. The Labute approximate surface area is 119 Å². The zero-order valence-electron chi connectivity index (χ0n) is 10.9. The van der Waals surface area contributed by atoms with Crippen LogP contribution in [0.5, 0.6) is 0 Å². The number of hydrogen-bond donors (Lipinski definition) is 5. The van der Waals surface area contributed by atoms with E-state index in [-0.39, 0.29) is 5.69 Å². The van der Waals surface area contributed by atoms with Crippen LogP contribution in [0.1, 0.15) is 0 Å².